The minimum absolute atomic E-state index is 0.0528. The summed E-state index contributed by atoms with van der Waals surface area (Å²) < 4.78 is 77.9. The van der Waals surface area contributed by atoms with E-state index in [1.165, 1.54) is 0 Å². The number of benzene rings is 2. The first-order valence-corrected chi connectivity index (χ1v) is 16.3. The molecule has 0 saturated heterocycles. The van der Waals surface area contributed by atoms with Crippen molar-refractivity contribution in [2.75, 3.05) is 0 Å². The summed E-state index contributed by atoms with van der Waals surface area (Å²) in [7, 11) is 9.87. The molecule has 3 rings (SSSR count). The zero-order chi connectivity index (χ0) is 26.2. The summed E-state index contributed by atoms with van der Waals surface area (Å²) in [6.07, 6.45) is -8.92. The van der Waals surface area contributed by atoms with Crippen molar-refractivity contribution in [3.63, 3.8) is 0 Å². The Kier molecular flexibility index (Phi) is 10.9. The molecule has 0 bridgehead atoms. The van der Waals surface area contributed by atoms with Crippen molar-refractivity contribution in [2.24, 2.45) is 0 Å². The summed E-state index contributed by atoms with van der Waals surface area (Å²) in [6.45, 7) is 3.22. The molecule has 186 valence electrons. The maximum atomic E-state index is 13.0. The number of rotatable bonds is 6. The molecule has 0 aliphatic carbocycles. The molecule has 0 aliphatic rings. The maximum absolute atomic E-state index is 13.0. The number of aryl methyl sites for hydroxylation is 2. The fraction of sp³-hybridized carbons (Fsp3) is 0.261. The average molecular weight is 614 g/mol. The number of aromatic nitrogens is 1. The molecule has 2 aromatic carbocycles. The summed E-state index contributed by atoms with van der Waals surface area (Å²) in [5, 5.41) is 8.41. The summed E-state index contributed by atoms with van der Waals surface area (Å²) in [5.74, 6) is 0. The molecule has 1 aromatic heterocycles. The van der Waals surface area contributed by atoms with E-state index in [4.69, 9.17) is 17.0 Å². The normalized spacial score (nSPS) is 11.3. The first-order chi connectivity index (χ1) is 16.3. The van der Waals surface area contributed by atoms with Crippen molar-refractivity contribution in [1.29, 1.82) is 0 Å². The Bertz CT molecular complexity index is 1040. The van der Waals surface area contributed by atoms with Gasteiger partial charge in [-0.25, -0.2) is 0 Å². The van der Waals surface area contributed by atoms with Gasteiger partial charge in [-0.1, -0.05) is 54.5 Å². The van der Waals surface area contributed by atoms with E-state index >= 15 is 0 Å². The fourth-order valence-electron chi connectivity index (χ4n) is 3.09. The van der Waals surface area contributed by atoms with Crippen LogP contribution in [0.15, 0.2) is 54.6 Å². The number of hydrogen-bond donors (Lipinski definition) is 0. The average Bonchev–Trinajstić information content (AvgIpc) is 2.75. The van der Waals surface area contributed by atoms with Crippen LogP contribution in [-0.4, -0.2) is 4.98 Å². The Labute approximate surface area is 217 Å². The molecule has 0 amide bonds. The van der Waals surface area contributed by atoms with Crippen LogP contribution in [0.3, 0.4) is 0 Å². The van der Waals surface area contributed by atoms with Crippen LogP contribution in [0.4, 0.5) is 37.7 Å². The topological polar surface area (TPSA) is 41.1 Å². The second kappa shape index (κ2) is 13.0. The van der Waals surface area contributed by atoms with Gasteiger partial charge in [0.05, 0.1) is 11.1 Å². The Morgan fingerprint density at radius 3 is 1.43 bits per heavy atom. The van der Waals surface area contributed by atoms with Crippen molar-refractivity contribution in [3.05, 3.63) is 98.9 Å². The molecule has 0 atom stereocenters. The molecule has 0 fully saturated rings. The van der Waals surface area contributed by atoms with Crippen molar-refractivity contribution >= 4 is 28.4 Å². The van der Waals surface area contributed by atoms with Gasteiger partial charge in [-0.15, -0.1) is 11.4 Å². The molecule has 35 heavy (non-hydrogen) atoms. The number of alkyl halides is 6. The van der Waals surface area contributed by atoms with Gasteiger partial charge in [0.2, 0.25) is 0 Å². The second-order valence-electron chi connectivity index (χ2n) is 7.43. The van der Waals surface area contributed by atoms with Gasteiger partial charge in [0, 0.05) is 11.4 Å². The van der Waals surface area contributed by atoms with Gasteiger partial charge in [0.15, 0.2) is 0 Å². The molecular formula is C23H19Cl2F6N3Zr. The van der Waals surface area contributed by atoms with Crippen molar-refractivity contribution in [3.8, 4) is 0 Å². The quantitative estimate of drug-likeness (QED) is 0.255. The Balaban J connectivity index is 0.00000137. The molecule has 0 radical (unpaired) electrons. The van der Waals surface area contributed by atoms with E-state index in [0.29, 0.717) is 22.5 Å². The van der Waals surface area contributed by atoms with E-state index < -0.39 is 44.3 Å². The van der Waals surface area contributed by atoms with Crippen molar-refractivity contribution < 1.29 is 47.2 Å². The predicted octanol–water partition coefficient (Wildman–Crippen LogP) is 9.52. The van der Waals surface area contributed by atoms with Gasteiger partial charge in [0.1, 0.15) is 0 Å². The van der Waals surface area contributed by atoms with Gasteiger partial charge < -0.3 is 10.6 Å². The third kappa shape index (κ3) is 10.0. The zero-order valence-electron chi connectivity index (χ0n) is 18.5. The first kappa shape index (κ1) is 29.5. The van der Waals surface area contributed by atoms with Gasteiger partial charge >= 0.3 is 50.2 Å². The molecule has 3 nitrogen and oxygen atoms in total. The van der Waals surface area contributed by atoms with Crippen LogP contribution in [0.2, 0.25) is 0 Å². The molecule has 0 aliphatic heterocycles. The number of nitrogens with zero attached hydrogens (tertiary/aromatic N) is 3. The van der Waals surface area contributed by atoms with E-state index in [1.54, 1.807) is 44.2 Å². The van der Waals surface area contributed by atoms with Crippen LogP contribution in [0, 0.1) is 13.8 Å². The van der Waals surface area contributed by atoms with Crippen LogP contribution in [0.25, 0.3) is 10.6 Å². The van der Waals surface area contributed by atoms with Gasteiger partial charge in [-0.3, -0.25) is 4.98 Å². The van der Waals surface area contributed by atoms with Crippen molar-refractivity contribution in [1.82, 2.24) is 4.98 Å². The fourth-order valence-corrected chi connectivity index (χ4v) is 3.09. The number of hydrogen-bond acceptors (Lipinski definition) is 1. The van der Waals surface area contributed by atoms with Crippen LogP contribution in [0.1, 0.15) is 33.6 Å². The second-order valence-corrected chi connectivity index (χ2v) is 11.2. The summed E-state index contributed by atoms with van der Waals surface area (Å²) in [4.78, 5) is 4.36. The standard InChI is InChI=1S/C23H19F6N3.2ClH.Zr/c1-14-6-16(22(24,25)26)10-20(8-14)30-12-18-4-3-5-19(32-18)13-31-21-9-15(2)7-17(11-21)23(27,28)29;;;/h3-11H,12-13H2,1-2H3;2*1H;/q-2;;;+4/p-2. The first-order valence-electron chi connectivity index (χ1n) is 9.95. The van der Waals surface area contributed by atoms with Crippen LogP contribution in [-0.2, 0) is 46.3 Å². The molecule has 3 aromatic rings. The van der Waals surface area contributed by atoms with Crippen LogP contribution < -0.4 is 0 Å². The molecule has 0 spiro atoms. The minimum atomic E-state index is -4.46. The van der Waals surface area contributed by atoms with Gasteiger partial charge in [-0.05, 0) is 38.1 Å². The summed E-state index contributed by atoms with van der Waals surface area (Å²) >= 11 is -0.826. The number of halogens is 8. The third-order valence-electron chi connectivity index (χ3n) is 4.49. The van der Waals surface area contributed by atoms with Crippen molar-refractivity contribution in [2.45, 2.75) is 39.3 Å². The van der Waals surface area contributed by atoms with E-state index in [9.17, 15) is 26.3 Å². The molecule has 1 heterocycles. The van der Waals surface area contributed by atoms with Gasteiger partial charge in [-0.2, -0.15) is 26.3 Å². The molecular weight excluding hydrogens is 594 g/mol. The van der Waals surface area contributed by atoms with E-state index in [-0.39, 0.29) is 24.5 Å². The zero-order valence-corrected chi connectivity index (χ0v) is 22.4. The molecule has 0 N–H and O–H groups in total. The Morgan fingerprint density at radius 2 is 1.09 bits per heavy atom. The predicted molar refractivity (Wildman–Crippen MR) is 122 cm³/mol. The SMILES string of the molecule is Cc1cc([N-]Cc2cccc(C[N-]c3cc(C)cc(C(F)(F)F)c3)n2)cc(C(F)(F)F)c1.[Cl][Zr+2][Cl]. The molecule has 0 saturated carbocycles. The Morgan fingerprint density at radius 1 is 0.714 bits per heavy atom. The van der Waals surface area contributed by atoms with E-state index in [0.717, 1.165) is 24.3 Å². The summed E-state index contributed by atoms with van der Waals surface area (Å²) in [6, 6.07) is 12.2. The Hall–Kier alpha value is -1.77. The van der Waals surface area contributed by atoms with Crippen LogP contribution in [0.5, 0.6) is 0 Å². The van der Waals surface area contributed by atoms with E-state index in [1.807, 2.05) is 0 Å². The summed E-state index contributed by atoms with van der Waals surface area (Å²) in [5.41, 5.74) is 0.732. The number of pyridine rings is 1. The molecule has 12 heteroatoms. The third-order valence-corrected chi connectivity index (χ3v) is 4.49. The van der Waals surface area contributed by atoms with E-state index in [2.05, 4.69) is 15.6 Å². The van der Waals surface area contributed by atoms with Crippen LogP contribution >= 0.6 is 17.0 Å². The van der Waals surface area contributed by atoms with Gasteiger partial charge in [0.25, 0.3) is 0 Å². The monoisotopic (exact) mass is 611 g/mol. The molecule has 0 unspecified atom stereocenters.